The summed E-state index contributed by atoms with van der Waals surface area (Å²) >= 11 is 12.6. The Morgan fingerprint density at radius 3 is 2.33 bits per heavy atom. The second-order valence-electron chi connectivity index (χ2n) is 4.82. The molecule has 1 aromatic rings. The highest BCUT2D eigenvalue weighted by Gasteiger charge is 2.29. The number of hydrogen-bond acceptors (Lipinski definition) is 2. The molecular formula is C14H16Cl2N2. The van der Waals surface area contributed by atoms with E-state index in [1.54, 1.807) is 6.08 Å². The molecule has 0 fully saturated rings. The van der Waals surface area contributed by atoms with Crippen LogP contribution in [0.25, 0.3) is 0 Å². The van der Waals surface area contributed by atoms with Crippen molar-refractivity contribution in [2.45, 2.75) is 25.4 Å². The van der Waals surface area contributed by atoms with Crippen molar-refractivity contribution in [2.75, 3.05) is 0 Å². The molecule has 0 bridgehead atoms. The average Bonchev–Trinajstić information content (AvgIpc) is 2.19. The first-order valence-electron chi connectivity index (χ1n) is 5.72. The molecule has 2 nitrogen and oxygen atoms in total. The number of allylic oxidation sites excluding steroid dienone is 2. The zero-order valence-electron chi connectivity index (χ0n) is 10.4. The van der Waals surface area contributed by atoms with Crippen LogP contribution in [0.15, 0.2) is 41.0 Å². The van der Waals surface area contributed by atoms with E-state index >= 15 is 0 Å². The van der Waals surface area contributed by atoms with E-state index in [0.29, 0.717) is 10.1 Å². The maximum atomic E-state index is 6.34. The van der Waals surface area contributed by atoms with E-state index in [9.17, 15) is 0 Å². The van der Waals surface area contributed by atoms with Gasteiger partial charge in [0.25, 0.3) is 0 Å². The van der Waals surface area contributed by atoms with E-state index in [2.05, 4.69) is 0 Å². The lowest BCUT2D eigenvalue weighted by Crippen LogP contribution is -2.47. The van der Waals surface area contributed by atoms with Gasteiger partial charge in [-0.1, -0.05) is 40.9 Å². The molecule has 0 aromatic heterocycles. The van der Waals surface area contributed by atoms with Gasteiger partial charge in [-0.25, -0.2) is 0 Å². The lowest BCUT2D eigenvalue weighted by atomic mass is 9.83. The molecule has 0 aliphatic heterocycles. The Balaban J connectivity index is 2.56. The summed E-state index contributed by atoms with van der Waals surface area (Å²) in [4.78, 5) is 0. The van der Waals surface area contributed by atoms with Gasteiger partial charge in [-0.3, -0.25) is 0 Å². The van der Waals surface area contributed by atoms with Crippen LogP contribution >= 0.6 is 23.2 Å². The van der Waals surface area contributed by atoms with Crippen LogP contribution in [0.2, 0.25) is 5.02 Å². The van der Waals surface area contributed by atoms with Gasteiger partial charge < -0.3 is 11.5 Å². The molecule has 1 unspecified atom stereocenters. The number of benzene rings is 1. The number of nitrogens with two attached hydrogens (primary N) is 2. The average molecular weight is 283 g/mol. The third-order valence-electron chi connectivity index (χ3n) is 3.16. The summed E-state index contributed by atoms with van der Waals surface area (Å²) < 4.78 is 0. The largest absolute Gasteiger partial charge is 0.307 e. The summed E-state index contributed by atoms with van der Waals surface area (Å²) in [7, 11) is 0. The Bertz CT molecular complexity index is 502. The maximum Gasteiger partial charge on any atom is 0.104 e. The molecule has 2 rings (SSSR count). The lowest BCUT2D eigenvalue weighted by molar-refractivity contribution is 0.658. The van der Waals surface area contributed by atoms with Crippen molar-refractivity contribution in [3.8, 4) is 0 Å². The minimum atomic E-state index is -0.979. The molecule has 1 aromatic carbocycles. The van der Waals surface area contributed by atoms with Gasteiger partial charge in [0.15, 0.2) is 0 Å². The summed E-state index contributed by atoms with van der Waals surface area (Å²) in [5.41, 5.74) is 13.9. The molecule has 4 heteroatoms. The van der Waals surface area contributed by atoms with Crippen LogP contribution in [-0.2, 0) is 0 Å². The Morgan fingerprint density at radius 1 is 1.11 bits per heavy atom. The van der Waals surface area contributed by atoms with Crippen molar-refractivity contribution >= 4 is 23.2 Å². The monoisotopic (exact) mass is 282 g/mol. The van der Waals surface area contributed by atoms with Gasteiger partial charge in [0.05, 0.1) is 0 Å². The second kappa shape index (κ2) is 4.71. The molecular weight excluding hydrogens is 267 g/mol. The van der Waals surface area contributed by atoms with E-state index in [-0.39, 0.29) is 5.92 Å². The summed E-state index contributed by atoms with van der Waals surface area (Å²) in [6, 6.07) is 5.82. The highest BCUT2D eigenvalue weighted by molar-refractivity contribution is 6.33. The highest BCUT2D eigenvalue weighted by Crippen LogP contribution is 2.42. The maximum absolute atomic E-state index is 6.34. The van der Waals surface area contributed by atoms with Crippen LogP contribution in [0.3, 0.4) is 0 Å². The molecule has 0 amide bonds. The fourth-order valence-electron chi connectivity index (χ4n) is 2.43. The van der Waals surface area contributed by atoms with Crippen LogP contribution < -0.4 is 11.5 Å². The van der Waals surface area contributed by atoms with Crippen molar-refractivity contribution < 1.29 is 0 Å². The Kier molecular flexibility index (Phi) is 3.56. The zero-order chi connectivity index (χ0) is 13.5. The number of halogens is 2. The van der Waals surface area contributed by atoms with Gasteiger partial charge in [-0.15, -0.1) is 0 Å². The fourth-order valence-corrected chi connectivity index (χ4v) is 3.24. The quantitative estimate of drug-likeness (QED) is 0.613. The first kappa shape index (κ1) is 13.6. The van der Waals surface area contributed by atoms with Crippen molar-refractivity contribution in [3.05, 3.63) is 57.1 Å². The second-order valence-corrected chi connectivity index (χ2v) is 5.66. The molecule has 1 aliphatic rings. The van der Waals surface area contributed by atoms with Crippen LogP contribution in [0.5, 0.6) is 0 Å². The predicted molar refractivity (Wildman–Crippen MR) is 77.7 cm³/mol. The zero-order valence-corrected chi connectivity index (χ0v) is 11.9. The van der Waals surface area contributed by atoms with E-state index in [0.717, 1.165) is 16.7 Å². The Hall–Kier alpha value is -0.800. The Morgan fingerprint density at radius 2 is 1.78 bits per heavy atom. The molecule has 96 valence electrons. The molecule has 0 heterocycles. The molecule has 0 spiro atoms. The third kappa shape index (κ3) is 2.47. The van der Waals surface area contributed by atoms with Gasteiger partial charge in [0.2, 0.25) is 0 Å². The van der Waals surface area contributed by atoms with Gasteiger partial charge >= 0.3 is 0 Å². The molecule has 0 saturated heterocycles. The lowest BCUT2D eigenvalue weighted by Gasteiger charge is -2.30. The van der Waals surface area contributed by atoms with Crippen LogP contribution in [-0.4, -0.2) is 5.66 Å². The third-order valence-corrected chi connectivity index (χ3v) is 3.81. The van der Waals surface area contributed by atoms with Crippen LogP contribution in [0, 0.1) is 6.92 Å². The normalized spacial score (nSPS) is 22.4. The Labute approximate surface area is 117 Å². The first-order chi connectivity index (χ1) is 8.32. The van der Waals surface area contributed by atoms with E-state index in [4.69, 9.17) is 34.7 Å². The predicted octanol–water partition coefficient (Wildman–Crippen LogP) is 3.43. The fraction of sp³-hybridized carbons (Fsp3) is 0.286. The van der Waals surface area contributed by atoms with Gasteiger partial charge in [-0.05, 0) is 43.2 Å². The minimum absolute atomic E-state index is 0.0550. The molecule has 1 atom stereocenters. The number of hydrogen-bond donors (Lipinski definition) is 2. The molecule has 4 N–H and O–H groups in total. The standard InChI is InChI=1S/C14H16Cl2N2/c1-8-4-3-5-10(15)12(8)13-9(2)6-14(17,18)7-11(13)16/h3-7,13H,17-18H2,1-2H3. The number of aryl methyl sites for hydroxylation is 1. The van der Waals surface area contributed by atoms with Crippen LogP contribution in [0.4, 0.5) is 0 Å². The van der Waals surface area contributed by atoms with Crippen molar-refractivity contribution in [2.24, 2.45) is 11.5 Å². The van der Waals surface area contributed by atoms with Crippen LogP contribution in [0.1, 0.15) is 24.0 Å². The van der Waals surface area contributed by atoms with Gasteiger partial charge in [0, 0.05) is 16.0 Å². The summed E-state index contributed by atoms with van der Waals surface area (Å²) in [6.45, 7) is 3.99. The van der Waals surface area contributed by atoms with Gasteiger partial charge in [-0.2, -0.15) is 0 Å². The molecule has 0 saturated carbocycles. The summed E-state index contributed by atoms with van der Waals surface area (Å²) in [5.74, 6) is -0.0550. The van der Waals surface area contributed by atoms with Gasteiger partial charge in [0.1, 0.15) is 5.66 Å². The molecule has 1 aliphatic carbocycles. The molecule has 0 radical (unpaired) electrons. The molecule has 18 heavy (non-hydrogen) atoms. The van der Waals surface area contributed by atoms with Crippen molar-refractivity contribution in [3.63, 3.8) is 0 Å². The van der Waals surface area contributed by atoms with E-state index in [1.807, 2.05) is 38.1 Å². The summed E-state index contributed by atoms with van der Waals surface area (Å²) in [5, 5.41) is 1.33. The van der Waals surface area contributed by atoms with E-state index in [1.165, 1.54) is 0 Å². The first-order valence-corrected chi connectivity index (χ1v) is 6.48. The minimum Gasteiger partial charge on any atom is -0.307 e. The van der Waals surface area contributed by atoms with Crippen molar-refractivity contribution in [1.29, 1.82) is 0 Å². The highest BCUT2D eigenvalue weighted by atomic mass is 35.5. The smallest absolute Gasteiger partial charge is 0.104 e. The SMILES string of the molecule is CC1=CC(N)(N)C=C(Cl)C1c1c(C)cccc1Cl. The van der Waals surface area contributed by atoms with E-state index < -0.39 is 5.66 Å². The van der Waals surface area contributed by atoms with Crippen molar-refractivity contribution in [1.82, 2.24) is 0 Å². The topological polar surface area (TPSA) is 52.0 Å². The number of rotatable bonds is 1. The summed E-state index contributed by atoms with van der Waals surface area (Å²) in [6.07, 6.45) is 3.50.